The third-order valence-electron chi connectivity index (χ3n) is 4.09. The third kappa shape index (κ3) is 2.13. The summed E-state index contributed by atoms with van der Waals surface area (Å²) in [5.41, 5.74) is 9.32. The van der Waals surface area contributed by atoms with Crippen molar-refractivity contribution in [2.24, 2.45) is 0 Å². The summed E-state index contributed by atoms with van der Waals surface area (Å²) >= 11 is 0. The van der Waals surface area contributed by atoms with E-state index in [0.717, 1.165) is 33.4 Å². The molecular formula is C19H17N3O2. The van der Waals surface area contributed by atoms with E-state index >= 15 is 0 Å². The van der Waals surface area contributed by atoms with Crippen molar-refractivity contribution in [2.45, 2.75) is 6.92 Å². The van der Waals surface area contributed by atoms with Crippen molar-refractivity contribution < 1.29 is 4.74 Å². The molecule has 5 nitrogen and oxygen atoms in total. The standard InChI is InChI=1S/C19H17N3O2/c1-2-24-13-9-7-12(8-10-13)22-18-14-5-3-4-6-16(14)21-17(18)11-15(20)19(22)23/h3-11,21H,2,20H2,1H3. The summed E-state index contributed by atoms with van der Waals surface area (Å²) < 4.78 is 7.13. The van der Waals surface area contributed by atoms with Crippen molar-refractivity contribution in [1.82, 2.24) is 9.55 Å². The maximum atomic E-state index is 12.7. The molecule has 2 aromatic carbocycles. The second-order valence-corrected chi connectivity index (χ2v) is 5.60. The molecule has 0 radical (unpaired) electrons. The first kappa shape index (κ1) is 14.4. The molecule has 0 fully saturated rings. The Morgan fingerprint density at radius 1 is 1.08 bits per heavy atom. The Balaban J connectivity index is 2.06. The number of fused-ring (bicyclic) bond motifs is 3. The van der Waals surface area contributed by atoms with Crippen molar-refractivity contribution in [3.05, 3.63) is 65.0 Å². The van der Waals surface area contributed by atoms with E-state index in [2.05, 4.69) is 4.98 Å². The number of nitrogens with zero attached hydrogens (tertiary/aromatic N) is 1. The average molecular weight is 319 g/mol. The van der Waals surface area contributed by atoms with Gasteiger partial charge < -0.3 is 15.5 Å². The molecule has 0 unspecified atom stereocenters. The lowest BCUT2D eigenvalue weighted by atomic mass is 10.2. The fraction of sp³-hybridized carbons (Fsp3) is 0.105. The molecule has 3 N–H and O–H groups in total. The van der Waals surface area contributed by atoms with E-state index in [-0.39, 0.29) is 11.2 Å². The van der Waals surface area contributed by atoms with Crippen LogP contribution in [0.3, 0.4) is 0 Å². The minimum Gasteiger partial charge on any atom is -0.494 e. The summed E-state index contributed by atoms with van der Waals surface area (Å²) in [6.07, 6.45) is 0. The maximum Gasteiger partial charge on any atom is 0.278 e. The summed E-state index contributed by atoms with van der Waals surface area (Å²) in [7, 11) is 0. The summed E-state index contributed by atoms with van der Waals surface area (Å²) in [6.45, 7) is 2.54. The van der Waals surface area contributed by atoms with Crippen LogP contribution < -0.4 is 16.0 Å². The number of benzene rings is 2. The van der Waals surface area contributed by atoms with E-state index in [1.807, 2.05) is 55.5 Å². The number of aromatic amines is 1. The Bertz CT molecular complexity index is 1090. The first-order valence-corrected chi connectivity index (χ1v) is 7.84. The van der Waals surface area contributed by atoms with E-state index in [1.54, 1.807) is 10.6 Å². The Morgan fingerprint density at radius 3 is 2.58 bits per heavy atom. The molecule has 0 saturated carbocycles. The van der Waals surface area contributed by atoms with Gasteiger partial charge in [-0.15, -0.1) is 0 Å². The molecule has 0 amide bonds. The molecule has 120 valence electrons. The molecule has 2 heterocycles. The molecule has 0 bridgehead atoms. The smallest absolute Gasteiger partial charge is 0.278 e. The predicted octanol–water partition coefficient (Wildman–Crippen LogP) is 3.45. The van der Waals surface area contributed by atoms with Crippen LogP contribution in [0.25, 0.3) is 27.6 Å². The van der Waals surface area contributed by atoms with Gasteiger partial charge in [0.05, 0.1) is 17.6 Å². The number of hydrogen-bond acceptors (Lipinski definition) is 3. The topological polar surface area (TPSA) is 73.0 Å². The Hall–Kier alpha value is -3.21. The molecule has 4 rings (SSSR count). The molecule has 0 aliphatic carbocycles. The van der Waals surface area contributed by atoms with Gasteiger partial charge in [0.15, 0.2) is 0 Å². The third-order valence-corrected chi connectivity index (χ3v) is 4.09. The van der Waals surface area contributed by atoms with Gasteiger partial charge in [0.2, 0.25) is 0 Å². The van der Waals surface area contributed by atoms with Gasteiger partial charge in [-0.05, 0) is 43.3 Å². The van der Waals surface area contributed by atoms with Crippen molar-refractivity contribution in [3.8, 4) is 11.4 Å². The molecular weight excluding hydrogens is 302 g/mol. The zero-order valence-electron chi connectivity index (χ0n) is 13.2. The minimum absolute atomic E-state index is 0.211. The van der Waals surface area contributed by atoms with Crippen LogP contribution in [0.2, 0.25) is 0 Å². The summed E-state index contributed by atoms with van der Waals surface area (Å²) in [6, 6.07) is 17.0. The van der Waals surface area contributed by atoms with E-state index in [9.17, 15) is 4.79 Å². The van der Waals surface area contributed by atoms with E-state index in [0.29, 0.717) is 6.61 Å². The van der Waals surface area contributed by atoms with Crippen LogP contribution in [-0.2, 0) is 0 Å². The first-order chi connectivity index (χ1) is 11.7. The first-order valence-electron chi connectivity index (χ1n) is 7.84. The highest BCUT2D eigenvalue weighted by Crippen LogP contribution is 2.27. The second-order valence-electron chi connectivity index (χ2n) is 5.60. The van der Waals surface area contributed by atoms with E-state index in [4.69, 9.17) is 10.5 Å². The highest BCUT2D eigenvalue weighted by molar-refractivity contribution is 6.06. The van der Waals surface area contributed by atoms with E-state index in [1.165, 1.54) is 0 Å². The molecule has 5 heteroatoms. The number of para-hydroxylation sites is 1. The van der Waals surface area contributed by atoms with Crippen LogP contribution in [0, 0.1) is 0 Å². The average Bonchev–Trinajstić information content (AvgIpc) is 2.95. The molecule has 0 saturated heterocycles. The number of nitrogens with two attached hydrogens (primary N) is 1. The number of H-pyrrole nitrogens is 1. The summed E-state index contributed by atoms with van der Waals surface area (Å²) in [5.74, 6) is 0.772. The highest BCUT2D eigenvalue weighted by atomic mass is 16.5. The van der Waals surface area contributed by atoms with Crippen molar-refractivity contribution in [3.63, 3.8) is 0 Å². The van der Waals surface area contributed by atoms with Crippen molar-refractivity contribution in [2.75, 3.05) is 12.3 Å². The Labute approximate surface area is 138 Å². The van der Waals surface area contributed by atoms with Gasteiger partial charge in [0, 0.05) is 16.6 Å². The molecule has 4 aromatic rings. The van der Waals surface area contributed by atoms with Gasteiger partial charge >= 0.3 is 0 Å². The van der Waals surface area contributed by atoms with Gasteiger partial charge in [-0.1, -0.05) is 18.2 Å². The molecule has 24 heavy (non-hydrogen) atoms. The molecule has 0 atom stereocenters. The van der Waals surface area contributed by atoms with Gasteiger partial charge in [0.25, 0.3) is 5.56 Å². The lowest BCUT2D eigenvalue weighted by Crippen LogP contribution is -2.21. The fourth-order valence-electron chi connectivity index (χ4n) is 3.05. The summed E-state index contributed by atoms with van der Waals surface area (Å²) in [4.78, 5) is 16.1. The fourth-order valence-corrected chi connectivity index (χ4v) is 3.05. The monoisotopic (exact) mass is 319 g/mol. The number of aromatic nitrogens is 2. The Kier molecular flexibility index (Phi) is 3.27. The van der Waals surface area contributed by atoms with Crippen LogP contribution in [-0.4, -0.2) is 16.2 Å². The van der Waals surface area contributed by atoms with Gasteiger partial charge in [-0.3, -0.25) is 9.36 Å². The number of ether oxygens (including phenoxy) is 1. The zero-order chi connectivity index (χ0) is 16.7. The van der Waals surface area contributed by atoms with Crippen LogP contribution in [0.15, 0.2) is 59.4 Å². The van der Waals surface area contributed by atoms with Gasteiger partial charge in [0.1, 0.15) is 11.4 Å². The van der Waals surface area contributed by atoms with Crippen LogP contribution in [0.4, 0.5) is 5.69 Å². The molecule has 0 spiro atoms. The molecule has 0 aliphatic heterocycles. The number of rotatable bonds is 3. The zero-order valence-corrected chi connectivity index (χ0v) is 13.2. The van der Waals surface area contributed by atoms with Crippen LogP contribution in [0.5, 0.6) is 5.75 Å². The van der Waals surface area contributed by atoms with Gasteiger partial charge in [-0.25, -0.2) is 0 Å². The highest BCUT2D eigenvalue weighted by Gasteiger charge is 2.14. The van der Waals surface area contributed by atoms with Crippen LogP contribution >= 0.6 is 0 Å². The largest absolute Gasteiger partial charge is 0.494 e. The second kappa shape index (κ2) is 5.45. The van der Waals surface area contributed by atoms with E-state index < -0.39 is 0 Å². The molecule has 2 aromatic heterocycles. The SMILES string of the molecule is CCOc1ccc(-n2c(=O)c(N)cc3[nH]c4ccccc4c32)cc1. The number of nitrogens with one attached hydrogen (secondary N) is 1. The number of hydrogen-bond donors (Lipinski definition) is 2. The maximum absolute atomic E-state index is 12.7. The normalized spacial score (nSPS) is 11.2. The molecule has 0 aliphatic rings. The lowest BCUT2D eigenvalue weighted by molar-refractivity contribution is 0.340. The van der Waals surface area contributed by atoms with Crippen LogP contribution in [0.1, 0.15) is 6.92 Å². The lowest BCUT2D eigenvalue weighted by Gasteiger charge is -2.11. The van der Waals surface area contributed by atoms with Crippen molar-refractivity contribution in [1.29, 1.82) is 0 Å². The number of nitrogen functional groups attached to an aromatic ring is 1. The predicted molar refractivity (Wildman–Crippen MR) is 97.0 cm³/mol. The number of anilines is 1. The summed E-state index contributed by atoms with van der Waals surface area (Å²) in [5, 5.41) is 0.985. The van der Waals surface area contributed by atoms with Crippen molar-refractivity contribution >= 4 is 27.6 Å². The minimum atomic E-state index is -0.226. The number of pyridine rings is 1. The Morgan fingerprint density at radius 2 is 1.83 bits per heavy atom. The van der Waals surface area contributed by atoms with Gasteiger partial charge in [-0.2, -0.15) is 0 Å². The quantitative estimate of drug-likeness (QED) is 0.607.